The zero-order chi connectivity index (χ0) is 24.4. The summed E-state index contributed by atoms with van der Waals surface area (Å²) in [6.45, 7) is 0.0751. The van der Waals surface area contributed by atoms with E-state index in [1.54, 1.807) is 0 Å². The van der Waals surface area contributed by atoms with E-state index in [9.17, 15) is 26.7 Å². The first-order valence-electron chi connectivity index (χ1n) is 9.57. The number of hydrogen-bond acceptors (Lipinski definition) is 9. The standard InChI is InChI=1S/C19H21F3N6O4S/c1-18(30,19(20,21)22)13-9-25-17(26-10-13)28-7-6-27(12-14(28)3-2-8-29)33(31,32)15-4-5-16(23)24-11-15/h4-5,9-11,14,29-30H,6-8,12H2,1H3,(H2,23,24)/t14-,18+/m0/s1. The highest BCUT2D eigenvalue weighted by Gasteiger charge is 2.51. The SMILES string of the molecule is C[C@@](O)(c1cnc(N2CCN(S(=O)(=O)c3ccc(N)nc3)C[C@@H]2C#CCO)nc1)C(F)(F)F. The van der Waals surface area contributed by atoms with Gasteiger partial charge >= 0.3 is 6.18 Å². The molecule has 0 saturated carbocycles. The summed E-state index contributed by atoms with van der Waals surface area (Å²) in [6, 6.07) is 1.89. The molecule has 1 aliphatic heterocycles. The highest BCUT2D eigenvalue weighted by atomic mass is 32.2. The van der Waals surface area contributed by atoms with Crippen LogP contribution in [0.4, 0.5) is 24.9 Å². The van der Waals surface area contributed by atoms with Gasteiger partial charge in [-0.3, -0.25) is 0 Å². The topological polar surface area (TPSA) is 146 Å². The van der Waals surface area contributed by atoms with E-state index in [1.165, 1.54) is 21.3 Å². The number of hydrogen-bond donors (Lipinski definition) is 3. The van der Waals surface area contributed by atoms with Gasteiger partial charge in [-0.15, -0.1) is 0 Å². The average molecular weight is 486 g/mol. The van der Waals surface area contributed by atoms with E-state index in [-0.39, 0.29) is 36.3 Å². The van der Waals surface area contributed by atoms with Crippen molar-refractivity contribution in [2.24, 2.45) is 0 Å². The number of sulfonamides is 1. The number of nitrogen functional groups attached to an aromatic ring is 1. The monoisotopic (exact) mass is 486 g/mol. The molecule has 0 aromatic carbocycles. The molecule has 0 amide bonds. The predicted octanol–water partition coefficient (Wildman–Crippen LogP) is 0.0988. The lowest BCUT2D eigenvalue weighted by Crippen LogP contribution is -2.55. The fourth-order valence-electron chi connectivity index (χ4n) is 3.08. The van der Waals surface area contributed by atoms with Crippen LogP contribution in [0, 0.1) is 11.8 Å². The maximum Gasteiger partial charge on any atom is 0.421 e. The number of nitrogens with zero attached hydrogens (tertiary/aromatic N) is 5. The summed E-state index contributed by atoms with van der Waals surface area (Å²) in [6.07, 6.45) is -2.07. The van der Waals surface area contributed by atoms with Crippen LogP contribution in [0.3, 0.4) is 0 Å². The number of piperazine rings is 1. The van der Waals surface area contributed by atoms with Crippen LogP contribution in [0.25, 0.3) is 0 Å². The van der Waals surface area contributed by atoms with Gasteiger partial charge in [0.05, 0.1) is 0 Å². The minimum absolute atomic E-state index is 0.000151. The number of pyridine rings is 1. The van der Waals surface area contributed by atoms with Gasteiger partial charge < -0.3 is 20.8 Å². The Morgan fingerprint density at radius 1 is 1.18 bits per heavy atom. The Morgan fingerprint density at radius 3 is 2.39 bits per heavy atom. The molecule has 3 heterocycles. The summed E-state index contributed by atoms with van der Waals surface area (Å²) in [4.78, 5) is 13.1. The van der Waals surface area contributed by atoms with Crippen molar-refractivity contribution < 1.29 is 31.8 Å². The van der Waals surface area contributed by atoms with Crippen LogP contribution in [-0.4, -0.2) is 76.3 Å². The Labute approximate surface area is 187 Å². The van der Waals surface area contributed by atoms with Crippen LogP contribution in [0.2, 0.25) is 0 Å². The Morgan fingerprint density at radius 2 is 1.85 bits per heavy atom. The molecule has 10 nitrogen and oxygen atoms in total. The van der Waals surface area contributed by atoms with Crippen LogP contribution in [0.5, 0.6) is 0 Å². The molecule has 0 bridgehead atoms. The molecule has 3 rings (SSSR count). The van der Waals surface area contributed by atoms with Crippen molar-refractivity contribution in [1.82, 2.24) is 19.3 Å². The number of anilines is 2. The Hall–Kier alpha value is -2.99. The van der Waals surface area contributed by atoms with E-state index in [0.717, 1.165) is 18.6 Å². The molecule has 0 spiro atoms. The molecule has 0 aliphatic carbocycles. The third-order valence-electron chi connectivity index (χ3n) is 5.10. The molecular weight excluding hydrogens is 465 g/mol. The number of aliphatic hydroxyl groups is 2. The second-order valence-electron chi connectivity index (χ2n) is 7.31. The zero-order valence-corrected chi connectivity index (χ0v) is 18.2. The van der Waals surface area contributed by atoms with Crippen LogP contribution in [0.15, 0.2) is 35.6 Å². The summed E-state index contributed by atoms with van der Waals surface area (Å²) >= 11 is 0. The number of rotatable bonds is 4. The van der Waals surface area contributed by atoms with Crippen molar-refractivity contribution in [3.05, 3.63) is 36.3 Å². The van der Waals surface area contributed by atoms with Crippen LogP contribution in [-0.2, 0) is 15.6 Å². The second-order valence-corrected chi connectivity index (χ2v) is 9.25. The van der Waals surface area contributed by atoms with Gasteiger partial charge in [0.2, 0.25) is 16.0 Å². The van der Waals surface area contributed by atoms with E-state index in [1.807, 2.05) is 0 Å². The van der Waals surface area contributed by atoms with Crippen molar-refractivity contribution in [3.63, 3.8) is 0 Å². The molecule has 2 aromatic rings. The maximum absolute atomic E-state index is 13.1. The summed E-state index contributed by atoms with van der Waals surface area (Å²) in [5.41, 5.74) is 1.82. The molecule has 33 heavy (non-hydrogen) atoms. The molecule has 14 heteroatoms. The number of aromatic nitrogens is 3. The first-order chi connectivity index (χ1) is 15.4. The lowest BCUT2D eigenvalue weighted by molar-refractivity contribution is -0.259. The number of alkyl halides is 3. The second kappa shape index (κ2) is 9.10. The summed E-state index contributed by atoms with van der Waals surface area (Å²) in [7, 11) is -3.93. The van der Waals surface area contributed by atoms with E-state index >= 15 is 0 Å². The molecule has 1 saturated heterocycles. The normalized spacial score (nSPS) is 19.5. The average Bonchev–Trinajstić information content (AvgIpc) is 2.77. The smallest absolute Gasteiger partial charge is 0.384 e. The van der Waals surface area contributed by atoms with Crippen molar-refractivity contribution in [3.8, 4) is 11.8 Å². The largest absolute Gasteiger partial charge is 0.421 e. The van der Waals surface area contributed by atoms with E-state index in [4.69, 9.17) is 10.8 Å². The summed E-state index contributed by atoms with van der Waals surface area (Å²) < 4.78 is 66.3. The predicted molar refractivity (Wildman–Crippen MR) is 111 cm³/mol. The first kappa shape index (κ1) is 24.6. The van der Waals surface area contributed by atoms with E-state index in [2.05, 4.69) is 26.8 Å². The fourth-order valence-corrected chi connectivity index (χ4v) is 4.46. The molecular formula is C19H21F3N6O4S. The Bertz CT molecular complexity index is 1150. The van der Waals surface area contributed by atoms with Crippen molar-refractivity contribution in [2.75, 3.05) is 36.9 Å². The minimum Gasteiger partial charge on any atom is -0.384 e. The molecule has 178 valence electrons. The number of aliphatic hydroxyl groups excluding tert-OH is 1. The number of halogens is 3. The highest BCUT2D eigenvalue weighted by molar-refractivity contribution is 7.89. The van der Waals surface area contributed by atoms with Crippen LogP contribution >= 0.6 is 0 Å². The van der Waals surface area contributed by atoms with Gasteiger partial charge in [-0.1, -0.05) is 11.8 Å². The Balaban J connectivity index is 1.87. The van der Waals surface area contributed by atoms with Gasteiger partial charge in [-0.05, 0) is 19.1 Å². The molecule has 0 radical (unpaired) electrons. The molecule has 0 unspecified atom stereocenters. The third-order valence-corrected chi connectivity index (χ3v) is 6.95. The van der Waals surface area contributed by atoms with Gasteiger partial charge in [-0.25, -0.2) is 23.4 Å². The Kier molecular flexibility index (Phi) is 6.80. The van der Waals surface area contributed by atoms with Crippen molar-refractivity contribution in [2.45, 2.75) is 29.6 Å². The van der Waals surface area contributed by atoms with Crippen molar-refractivity contribution >= 4 is 21.8 Å². The van der Waals surface area contributed by atoms with Crippen LogP contribution in [0.1, 0.15) is 12.5 Å². The fraction of sp³-hybridized carbons (Fsp3) is 0.421. The highest BCUT2D eigenvalue weighted by Crippen LogP contribution is 2.38. The first-order valence-corrected chi connectivity index (χ1v) is 11.0. The van der Waals surface area contributed by atoms with Gasteiger partial charge in [0.15, 0.2) is 5.60 Å². The lowest BCUT2D eigenvalue weighted by Gasteiger charge is -2.38. The molecule has 2 atom stereocenters. The van der Waals surface area contributed by atoms with Gasteiger partial charge in [0, 0.05) is 43.8 Å². The quantitative estimate of drug-likeness (QED) is 0.512. The summed E-state index contributed by atoms with van der Waals surface area (Å²) in [5, 5.41) is 18.9. The van der Waals surface area contributed by atoms with Crippen molar-refractivity contribution in [1.29, 1.82) is 0 Å². The lowest BCUT2D eigenvalue weighted by atomic mass is 9.99. The third kappa shape index (κ3) is 5.01. The number of nitrogens with two attached hydrogens (primary N) is 1. The molecule has 1 fully saturated rings. The molecule has 4 N–H and O–H groups in total. The van der Waals surface area contributed by atoms with E-state index in [0.29, 0.717) is 6.92 Å². The zero-order valence-electron chi connectivity index (χ0n) is 17.4. The van der Waals surface area contributed by atoms with E-state index < -0.39 is 40.0 Å². The molecule has 2 aromatic heterocycles. The van der Waals surface area contributed by atoms with Gasteiger partial charge in [0.25, 0.3) is 0 Å². The van der Waals surface area contributed by atoms with Crippen LogP contribution < -0.4 is 10.6 Å². The minimum atomic E-state index is -4.93. The molecule has 1 aliphatic rings. The van der Waals surface area contributed by atoms with Gasteiger partial charge in [0.1, 0.15) is 23.4 Å². The maximum atomic E-state index is 13.1. The van der Waals surface area contributed by atoms with Gasteiger partial charge in [-0.2, -0.15) is 17.5 Å². The summed E-state index contributed by atoms with van der Waals surface area (Å²) in [5.74, 6) is 5.35.